The summed E-state index contributed by atoms with van der Waals surface area (Å²) in [7, 11) is 1.52. The van der Waals surface area contributed by atoms with E-state index in [1.54, 1.807) is 0 Å². The summed E-state index contributed by atoms with van der Waals surface area (Å²) in [5.74, 6) is -1.58. The smallest absolute Gasteiger partial charge is 0.472 e. The van der Waals surface area contributed by atoms with Gasteiger partial charge in [0.15, 0.2) is 0 Å². The Bertz CT molecular complexity index is 703. The molecule has 0 saturated carbocycles. The van der Waals surface area contributed by atoms with Crippen LogP contribution >= 0.6 is 7.82 Å². The number of hydrogen-bond donors (Lipinski definition) is 3. The monoisotopic (exact) mass is 638 g/mol. The summed E-state index contributed by atoms with van der Waals surface area (Å²) in [5, 5.41) is 19.9. The van der Waals surface area contributed by atoms with Crippen molar-refractivity contribution in [3.63, 3.8) is 0 Å². The lowest BCUT2D eigenvalue weighted by molar-refractivity contribution is -0.870. The molecule has 0 aliphatic rings. The fourth-order valence-electron chi connectivity index (χ4n) is 5.17. The molecule has 4 unspecified atom stereocenters. The van der Waals surface area contributed by atoms with Crippen LogP contribution in [-0.4, -0.2) is 85.3 Å². The third-order valence-corrected chi connectivity index (χ3v) is 8.98. The van der Waals surface area contributed by atoms with Gasteiger partial charge in [0, 0.05) is 0 Å². The number of nitrogens with zero attached hydrogens (tertiary/aromatic N) is 1. The van der Waals surface area contributed by atoms with Crippen LogP contribution in [0.25, 0.3) is 0 Å². The van der Waals surface area contributed by atoms with Crippen LogP contribution in [0.15, 0.2) is 0 Å². The number of quaternary nitrogens is 1. The van der Waals surface area contributed by atoms with Gasteiger partial charge in [0.25, 0.3) is 0 Å². The number of aliphatic hydroxyl groups excluding tert-OH is 1. The van der Waals surface area contributed by atoms with Gasteiger partial charge in [-0.25, -0.2) is 4.57 Å². The number of hydrogen-bond acceptors (Lipinski definition) is 6. The van der Waals surface area contributed by atoms with Crippen molar-refractivity contribution >= 4 is 13.8 Å². The van der Waals surface area contributed by atoms with Gasteiger partial charge >= 0.3 is 13.8 Å². The van der Waals surface area contributed by atoms with E-state index < -0.39 is 38.5 Å². The van der Waals surface area contributed by atoms with Gasteiger partial charge in [0.2, 0.25) is 0 Å². The Labute approximate surface area is 264 Å². The molecule has 0 heterocycles. The number of carbonyl (C=O) groups is 1. The molecule has 0 rings (SSSR count). The average Bonchev–Trinajstić information content (AvgIpc) is 2.93. The number of likely N-dealkylation sites (N-methyl/N-ethyl adjacent to an activating group) is 1. The van der Waals surface area contributed by atoms with Crippen molar-refractivity contribution in [1.82, 2.24) is 0 Å². The number of phosphoric ester groups is 1. The molecule has 4 atom stereocenters. The maximum absolute atomic E-state index is 12.1. The zero-order valence-electron chi connectivity index (χ0n) is 28.5. The summed E-state index contributed by atoms with van der Waals surface area (Å²) >= 11 is 0. The molecule has 0 fully saturated rings. The number of phosphoric acid groups is 1. The van der Waals surface area contributed by atoms with E-state index in [0.717, 1.165) is 19.3 Å². The molecule has 0 aromatic heterocycles. The largest absolute Gasteiger partial charge is 0.481 e. The Balaban J connectivity index is 4.05. The highest BCUT2D eigenvalue weighted by Gasteiger charge is 2.29. The molecule has 9 nitrogen and oxygen atoms in total. The van der Waals surface area contributed by atoms with Crippen molar-refractivity contribution in [2.45, 2.75) is 154 Å². The first-order chi connectivity index (χ1) is 20.4. The van der Waals surface area contributed by atoms with Gasteiger partial charge in [-0.15, -0.1) is 0 Å². The Morgan fingerprint density at radius 2 is 1.16 bits per heavy atom. The SMILES string of the molecule is CCCCCCCCCCCCCCCCCCCCC(OCC(O)COP(=O)(O)OCC[N+](C)(C)C)C(CC)C(=O)O. The number of rotatable bonds is 32. The van der Waals surface area contributed by atoms with Crippen molar-refractivity contribution in [2.24, 2.45) is 5.92 Å². The number of aliphatic hydroxyl groups is 1. The van der Waals surface area contributed by atoms with Crippen molar-refractivity contribution in [1.29, 1.82) is 0 Å². The van der Waals surface area contributed by atoms with Crippen LogP contribution in [0.2, 0.25) is 0 Å². The third kappa shape index (κ3) is 27.5. The van der Waals surface area contributed by atoms with Crippen LogP contribution < -0.4 is 0 Å². The van der Waals surface area contributed by atoms with E-state index in [1.807, 2.05) is 28.1 Å². The fourth-order valence-corrected chi connectivity index (χ4v) is 5.92. The number of aliphatic carboxylic acids is 1. The second kappa shape index (κ2) is 26.7. The molecular weight excluding hydrogens is 569 g/mol. The van der Waals surface area contributed by atoms with Crippen molar-refractivity contribution in [3.8, 4) is 0 Å². The number of ether oxygens (including phenoxy) is 1. The Kier molecular flexibility index (Phi) is 26.3. The maximum atomic E-state index is 12.1. The van der Waals surface area contributed by atoms with Crippen LogP contribution in [-0.2, 0) is 23.1 Å². The molecular formula is C33H69NO8P+. The summed E-state index contributed by atoms with van der Waals surface area (Å²) in [6.45, 7) is 4.04. The molecule has 10 heteroatoms. The van der Waals surface area contributed by atoms with E-state index in [2.05, 4.69) is 6.92 Å². The molecule has 0 bridgehead atoms. The van der Waals surface area contributed by atoms with E-state index in [4.69, 9.17) is 13.8 Å². The van der Waals surface area contributed by atoms with Crippen LogP contribution in [0.1, 0.15) is 142 Å². The van der Waals surface area contributed by atoms with E-state index in [9.17, 15) is 24.5 Å². The van der Waals surface area contributed by atoms with E-state index in [1.165, 1.54) is 96.3 Å². The molecule has 258 valence electrons. The second-order valence-electron chi connectivity index (χ2n) is 13.3. The third-order valence-electron chi connectivity index (χ3n) is 8.00. The molecule has 43 heavy (non-hydrogen) atoms. The molecule has 0 aromatic rings. The van der Waals surface area contributed by atoms with Gasteiger partial charge in [-0.2, -0.15) is 0 Å². The Hall–Kier alpha value is -0.540. The second-order valence-corrected chi connectivity index (χ2v) is 14.7. The highest BCUT2D eigenvalue weighted by Crippen LogP contribution is 2.43. The van der Waals surface area contributed by atoms with Gasteiger partial charge in [-0.05, 0) is 12.8 Å². The summed E-state index contributed by atoms with van der Waals surface area (Å²) in [6, 6.07) is 0. The average molecular weight is 639 g/mol. The fraction of sp³-hybridized carbons (Fsp3) is 0.970. The summed E-state index contributed by atoms with van der Waals surface area (Å²) in [6.07, 6.45) is 22.7. The molecule has 0 aliphatic carbocycles. The van der Waals surface area contributed by atoms with E-state index in [0.29, 0.717) is 23.9 Å². The van der Waals surface area contributed by atoms with Crippen LogP contribution in [0, 0.1) is 5.92 Å². The van der Waals surface area contributed by atoms with Crippen LogP contribution in [0.4, 0.5) is 0 Å². The topological polar surface area (TPSA) is 123 Å². The quantitative estimate of drug-likeness (QED) is 0.0384. The molecule has 0 saturated heterocycles. The lowest BCUT2D eigenvalue weighted by Gasteiger charge is -2.25. The molecule has 0 aliphatic heterocycles. The normalized spacial score (nSPS) is 15.7. The molecule has 3 N–H and O–H groups in total. The highest BCUT2D eigenvalue weighted by atomic mass is 31.2. The zero-order valence-corrected chi connectivity index (χ0v) is 29.4. The lowest BCUT2D eigenvalue weighted by Crippen LogP contribution is -2.37. The highest BCUT2D eigenvalue weighted by molar-refractivity contribution is 7.47. The standard InChI is InChI=1S/C33H68NO8P/c1-6-8-9-10-11-12-13-14-15-16-17-18-19-20-21-22-23-24-25-32(31(7-2)33(36)37)40-28-30(35)29-42-43(38,39)41-27-26-34(3,4)5/h30-32,35H,6-29H2,1-5H3,(H-,36,37,38,39)/p+1. The van der Waals surface area contributed by atoms with Gasteiger partial charge in [0.1, 0.15) is 19.3 Å². The van der Waals surface area contributed by atoms with Crippen LogP contribution in [0.5, 0.6) is 0 Å². The minimum atomic E-state index is -4.29. The zero-order chi connectivity index (χ0) is 32.4. The summed E-state index contributed by atoms with van der Waals surface area (Å²) in [4.78, 5) is 21.6. The lowest BCUT2D eigenvalue weighted by atomic mass is 9.94. The summed E-state index contributed by atoms with van der Waals surface area (Å²) < 4.78 is 28.3. The van der Waals surface area contributed by atoms with E-state index >= 15 is 0 Å². The van der Waals surface area contributed by atoms with Crippen molar-refractivity contribution in [2.75, 3.05) is 47.5 Å². The molecule has 0 radical (unpaired) electrons. The minimum absolute atomic E-state index is 0.0438. The first kappa shape index (κ1) is 42.5. The van der Waals surface area contributed by atoms with E-state index in [-0.39, 0.29) is 13.2 Å². The van der Waals surface area contributed by atoms with Crippen molar-refractivity contribution < 1.29 is 42.7 Å². The van der Waals surface area contributed by atoms with Gasteiger partial charge in [-0.1, -0.05) is 129 Å². The Morgan fingerprint density at radius 3 is 1.56 bits per heavy atom. The number of carboxylic acids is 1. The predicted octanol–water partition coefficient (Wildman–Crippen LogP) is 8.11. The van der Waals surface area contributed by atoms with Gasteiger partial charge < -0.3 is 24.3 Å². The molecule has 0 aromatic carbocycles. The first-order valence-electron chi connectivity index (χ1n) is 17.4. The van der Waals surface area contributed by atoms with Crippen LogP contribution in [0.3, 0.4) is 0 Å². The Morgan fingerprint density at radius 1 is 0.721 bits per heavy atom. The predicted molar refractivity (Wildman–Crippen MR) is 175 cm³/mol. The maximum Gasteiger partial charge on any atom is 0.472 e. The first-order valence-corrected chi connectivity index (χ1v) is 18.9. The minimum Gasteiger partial charge on any atom is -0.481 e. The van der Waals surface area contributed by atoms with Gasteiger partial charge in [0.05, 0.1) is 46.4 Å². The number of unbranched alkanes of at least 4 members (excludes halogenated alkanes) is 17. The summed E-state index contributed by atoms with van der Waals surface area (Å²) in [5.41, 5.74) is 0. The molecule has 0 spiro atoms. The van der Waals surface area contributed by atoms with Crippen molar-refractivity contribution in [3.05, 3.63) is 0 Å². The molecule has 0 amide bonds. The number of carboxylic acid groups (broad SMARTS) is 1. The van der Waals surface area contributed by atoms with Gasteiger partial charge in [-0.3, -0.25) is 13.8 Å².